The van der Waals surface area contributed by atoms with E-state index in [-0.39, 0.29) is 13.3 Å². The zero-order valence-electron chi connectivity index (χ0n) is 16.5. The Morgan fingerprint density at radius 3 is 2.55 bits per heavy atom. The maximum absolute atomic E-state index is 10.1. The predicted octanol–water partition coefficient (Wildman–Crippen LogP) is 0.764. The Morgan fingerprint density at radius 2 is 1.90 bits per heavy atom. The van der Waals surface area contributed by atoms with Crippen LogP contribution in [-0.4, -0.2) is 69.4 Å². The van der Waals surface area contributed by atoms with Crippen LogP contribution in [0.4, 0.5) is 5.69 Å². The van der Waals surface area contributed by atoms with E-state index in [1.807, 2.05) is 34.9 Å². The Bertz CT molecular complexity index is 918. The Morgan fingerprint density at radius 1 is 1.14 bits per heavy atom. The number of benzene rings is 1. The van der Waals surface area contributed by atoms with Crippen LogP contribution in [0.15, 0.2) is 42.9 Å². The molecule has 3 aromatic rings. The minimum atomic E-state index is -1.11. The third kappa shape index (κ3) is 4.48. The number of fused-ring (bicyclic) bond motifs is 1. The summed E-state index contributed by atoms with van der Waals surface area (Å²) in [5.41, 5.74) is 2.93. The zero-order valence-corrected chi connectivity index (χ0v) is 16.5. The average molecular weight is 402 g/mol. The number of hydrogen-bond donors (Lipinski definition) is 3. The monoisotopic (exact) mass is 402 g/mol. The summed E-state index contributed by atoms with van der Waals surface area (Å²) >= 11 is 0. The molecule has 0 fully saturated rings. The maximum atomic E-state index is 10.1. The second-order valence-electron chi connectivity index (χ2n) is 6.64. The van der Waals surface area contributed by atoms with Crippen molar-refractivity contribution in [3.8, 4) is 5.88 Å². The molecular formula is C20H26N4O5. The van der Waals surface area contributed by atoms with Crippen molar-refractivity contribution < 1.29 is 24.8 Å². The van der Waals surface area contributed by atoms with Crippen LogP contribution in [0.25, 0.3) is 11.0 Å². The van der Waals surface area contributed by atoms with Gasteiger partial charge >= 0.3 is 0 Å². The summed E-state index contributed by atoms with van der Waals surface area (Å²) in [6.07, 6.45) is 2.09. The van der Waals surface area contributed by atoms with E-state index in [0.717, 1.165) is 5.56 Å². The van der Waals surface area contributed by atoms with Gasteiger partial charge in [0.1, 0.15) is 24.1 Å². The molecule has 29 heavy (non-hydrogen) atoms. The molecule has 0 radical (unpaired) electrons. The highest BCUT2D eigenvalue weighted by molar-refractivity contribution is 5.92. The van der Waals surface area contributed by atoms with Crippen LogP contribution in [0.1, 0.15) is 5.56 Å². The van der Waals surface area contributed by atoms with Gasteiger partial charge in [0.2, 0.25) is 5.88 Å². The van der Waals surface area contributed by atoms with Gasteiger partial charge < -0.3 is 34.3 Å². The van der Waals surface area contributed by atoms with Gasteiger partial charge in [0.15, 0.2) is 0 Å². The van der Waals surface area contributed by atoms with E-state index in [1.54, 1.807) is 18.1 Å². The molecule has 0 amide bonds. The molecule has 3 rings (SSSR count). The van der Waals surface area contributed by atoms with Gasteiger partial charge in [-0.2, -0.15) is 4.98 Å². The normalized spacial score (nSPS) is 13.4. The van der Waals surface area contributed by atoms with Crippen LogP contribution in [0.2, 0.25) is 0 Å². The van der Waals surface area contributed by atoms with Crippen LogP contribution in [0.3, 0.4) is 0 Å². The van der Waals surface area contributed by atoms with Gasteiger partial charge in [-0.15, -0.1) is 0 Å². The topological polar surface area (TPSA) is 113 Å². The summed E-state index contributed by atoms with van der Waals surface area (Å²) in [6.45, 7) is -0.135. The van der Waals surface area contributed by atoms with Gasteiger partial charge in [0.25, 0.3) is 0 Å². The first-order valence-corrected chi connectivity index (χ1v) is 9.22. The molecule has 0 bridgehead atoms. The third-order valence-corrected chi connectivity index (χ3v) is 4.83. The number of ether oxygens (including phenoxy) is 2. The van der Waals surface area contributed by atoms with Crippen molar-refractivity contribution in [3.05, 3.63) is 48.4 Å². The number of anilines is 1. The van der Waals surface area contributed by atoms with Crippen molar-refractivity contribution in [1.82, 2.24) is 14.5 Å². The summed E-state index contributed by atoms with van der Waals surface area (Å²) in [6, 6.07) is 9.12. The highest BCUT2D eigenvalue weighted by Gasteiger charge is 2.26. The summed E-state index contributed by atoms with van der Waals surface area (Å²) in [7, 11) is 3.25. The van der Waals surface area contributed by atoms with Crippen molar-refractivity contribution in [2.75, 3.05) is 32.3 Å². The number of hydrogen-bond acceptors (Lipinski definition) is 8. The smallest absolute Gasteiger partial charge is 0.241 e. The lowest BCUT2D eigenvalue weighted by atomic mass is 10.1. The van der Waals surface area contributed by atoms with E-state index in [2.05, 4.69) is 9.97 Å². The Kier molecular flexibility index (Phi) is 6.99. The Hall–Kier alpha value is -2.72. The number of methoxy groups -OCH3 is 1. The molecule has 3 N–H and O–H groups in total. The number of rotatable bonds is 10. The lowest BCUT2D eigenvalue weighted by molar-refractivity contribution is 0.0532. The molecule has 0 spiro atoms. The second-order valence-corrected chi connectivity index (χ2v) is 6.64. The van der Waals surface area contributed by atoms with Crippen molar-refractivity contribution >= 4 is 16.7 Å². The fraction of sp³-hybridized carbons (Fsp3) is 0.400. The van der Waals surface area contributed by atoms with Crippen molar-refractivity contribution in [1.29, 1.82) is 0 Å². The molecule has 9 heteroatoms. The Balaban J connectivity index is 1.92. The Labute approximate surface area is 168 Å². The molecule has 0 aliphatic heterocycles. The number of nitrogens with zero attached hydrogens (tertiary/aromatic N) is 4. The molecule has 2 atom stereocenters. The van der Waals surface area contributed by atoms with Crippen molar-refractivity contribution in [2.45, 2.75) is 25.5 Å². The molecule has 2 heterocycles. The van der Waals surface area contributed by atoms with Gasteiger partial charge in [-0.25, -0.2) is 4.98 Å². The van der Waals surface area contributed by atoms with E-state index >= 15 is 0 Å². The fourth-order valence-electron chi connectivity index (χ4n) is 3.23. The summed E-state index contributed by atoms with van der Waals surface area (Å²) in [5, 5.41) is 29.1. The van der Waals surface area contributed by atoms with Gasteiger partial charge in [-0.3, -0.25) is 0 Å². The van der Waals surface area contributed by atoms with Crippen molar-refractivity contribution in [3.63, 3.8) is 0 Å². The van der Waals surface area contributed by atoms with E-state index in [1.165, 1.54) is 13.4 Å². The molecule has 0 saturated carbocycles. The minimum absolute atomic E-state index is 0.231. The molecule has 0 aliphatic rings. The van der Waals surface area contributed by atoms with Crippen LogP contribution in [0, 0.1) is 0 Å². The standard InChI is InChI=1S/C20H26N4O5/c1-23(16(9-25)17(27)10-26)15-8-24(13-29-11-14-6-4-3-5-7-14)19-18(15)21-12-22-20(19)28-2/h3-8,12,16-17,25-27H,9-11,13H2,1-2H3/t16-,17+/m0/s1. The van der Waals surface area contributed by atoms with E-state index in [4.69, 9.17) is 9.47 Å². The van der Waals surface area contributed by atoms with Gasteiger partial charge in [-0.05, 0) is 5.56 Å². The number of aliphatic hydroxyl groups is 3. The van der Waals surface area contributed by atoms with Gasteiger partial charge in [-0.1, -0.05) is 30.3 Å². The summed E-state index contributed by atoms with van der Waals surface area (Å²) in [5.74, 6) is 0.390. The lowest BCUT2D eigenvalue weighted by Crippen LogP contribution is -2.45. The summed E-state index contributed by atoms with van der Waals surface area (Å²) < 4.78 is 13.1. The quantitative estimate of drug-likeness (QED) is 0.456. The molecule has 0 aliphatic carbocycles. The summed E-state index contributed by atoms with van der Waals surface area (Å²) in [4.78, 5) is 10.2. The van der Waals surface area contributed by atoms with E-state index < -0.39 is 18.8 Å². The highest BCUT2D eigenvalue weighted by atomic mass is 16.5. The molecule has 156 valence electrons. The van der Waals surface area contributed by atoms with Crippen LogP contribution < -0.4 is 9.64 Å². The van der Waals surface area contributed by atoms with Crippen molar-refractivity contribution in [2.24, 2.45) is 0 Å². The van der Waals surface area contributed by atoms with Crippen LogP contribution >= 0.6 is 0 Å². The predicted molar refractivity (Wildman–Crippen MR) is 108 cm³/mol. The lowest BCUT2D eigenvalue weighted by Gasteiger charge is -2.30. The first-order valence-electron chi connectivity index (χ1n) is 9.22. The first-order chi connectivity index (χ1) is 14.1. The SMILES string of the molecule is COc1ncnc2c(N(C)[C@@H](CO)[C@H](O)CO)cn(COCc3ccccc3)c12. The average Bonchev–Trinajstić information content (AvgIpc) is 3.13. The highest BCUT2D eigenvalue weighted by Crippen LogP contribution is 2.32. The molecular weight excluding hydrogens is 376 g/mol. The molecule has 1 aromatic carbocycles. The minimum Gasteiger partial charge on any atom is -0.479 e. The molecule has 9 nitrogen and oxygen atoms in total. The number of aliphatic hydroxyl groups excluding tert-OH is 3. The number of likely N-dealkylation sites (N-methyl/N-ethyl adjacent to an activating group) is 1. The number of aromatic nitrogens is 3. The van der Waals surface area contributed by atoms with E-state index in [0.29, 0.717) is 29.2 Å². The third-order valence-electron chi connectivity index (χ3n) is 4.83. The molecule has 0 unspecified atom stereocenters. The second kappa shape index (κ2) is 9.66. The van der Waals surface area contributed by atoms with Gasteiger partial charge in [0, 0.05) is 13.2 Å². The first kappa shape index (κ1) is 21.0. The zero-order chi connectivity index (χ0) is 20.8. The molecule has 2 aromatic heterocycles. The largest absolute Gasteiger partial charge is 0.479 e. The van der Waals surface area contributed by atoms with E-state index in [9.17, 15) is 15.3 Å². The maximum Gasteiger partial charge on any atom is 0.241 e. The van der Waals surface area contributed by atoms with Crippen LogP contribution in [-0.2, 0) is 18.1 Å². The fourth-order valence-corrected chi connectivity index (χ4v) is 3.23. The molecule has 0 saturated heterocycles. The van der Waals surface area contributed by atoms with Gasteiger partial charge in [0.05, 0.1) is 44.8 Å². The van der Waals surface area contributed by atoms with Crippen LogP contribution in [0.5, 0.6) is 5.88 Å².